The molecule has 0 radical (unpaired) electrons. The molecule has 98 valence electrons. The molecule has 0 aromatic carbocycles. The number of thiazole rings is 1. The molecule has 0 amide bonds. The zero-order chi connectivity index (χ0) is 13.5. The highest BCUT2D eigenvalue weighted by Crippen LogP contribution is 2.68. The van der Waals surface area contributed by atoms with Crippen LogP contribution in [0.4, 0.5) is 5.13 Å². The molecule has 0 aliphatic heterocycles. The van der Waals surface area contributed by atoms with Gasteiger partial charge in [0.25, 0.3) is 5.08 Å². The van der Waals surface area contributed by atoms with Crippen LogP contribution < -0.4 is 5.73 Å². The van der Waals surface area contributed by atoms with Gasteiger partial charge < -0.3 is 30.4 Å². The number of nitrogen functional groups attached to an aromatic ring is 1. The van der Waals surface area contributed by atoms with E-state index in [-0.39, 0.29) is 10.0 Å². The fourth-order valence-electron chi connectivity index (χ4n) is 1.01. The van der Waals surface area contributed by atoms with Crippen LogP contribution in [-0.4, -0.2) is 34.7 Å². The van der Waals surface area contributed by atoms with Gasteiger partial charge in [-0.3, -0.25) is 9.13 Å². The van der Waals surface area contributed by atoms with E-state index < -0.39 is 26.7 Å². The van der Waals surface area contributed by atoms with Gasteiger partial charge in [0, 0.05) is 17.5 Å². The lowest BCUT2D eigenvalue weighted by atomic mass is 10.4. The SMILES string of the molecule is Nc1ncc(CC(O)(P(=O)(O)O)P(=O)(O)O)s1. The van der Waals surface area contributed by atoms with Gasteiger partial charge in [0.1, 0.15) is 0 Å². The van der Waals surface area contributed by atoms with Crippen molar-refractivity contribution in [3.05, 3.63) is 11.1 Å². The van der Waals surface area contributed by atoms with Crippen LogP contribution in [0.1, 0.15) is 4.88 Å². The predicted molar refractivity (Wildman–Crippen MR) is 59.3 cm³/mol. The molecular weight excluding hydrogens is 294 g/mol. The molecule has 9 nitrogen and oxygen atoms in total. The van der Waals surface area contributed by atoms with E-state index in [1.807, 2.05) is 0 Å². The van der Waals surface area contributed by atoms with Crippen molar-refractivity contribution in [2.24, 2.45) is 0 Å². The fraction of sp³-hybridized carbons (Fsp3) is 0.400. The molecule has 1 heterocycles. The van der Waals surface area contributed by atoms with E-state index >= 15 is 0 Å². The first kappa shape index (κ1) is 14.7. The highest BCUT2D eigenvalue weighted by atomic mass is 32.1. The summed E-state index contributed by atoms with van der Waals surface area (Å²) >= 11 is 0.767. The molecule has 0 spiro atoms. The van der Waals surface area contributed by atoms with E-state index in [1.165, 1.54) is 0 Å². The first-order valence-corrected chi connectivity index (χ1v) is 8.05. The number of nitrogens with zero attached hydrogens (tertiary/aromatic N) is 1. The lowest BCUT2D eigenvalue weighted by Crippen LogP contribution is -2.31. The second-order valence-corrected chi connectivity index (χ2v) is 8.36. The number of aromatic nitrogens is 1. The third-order valence-electron chi connectivity index (χ3n) is 1.92. The largest absolute Gasteiger partial charge is 0.375 e. The summed E-state index contributed by atoms with van der Waals surface area (Å²) in [4.78, 5) is 39.0. The summed E-state index contributed by atoms with van der Waals surface area (Å²) in [6.45, 7) is 0. The number of hydrogen-bond donors (Lipinski definition) is 6. The molecule has 0 saturated heterocycles. The molecule has 1 aromatic heterocycles. The molecule has 12 heteroatoms. The van der Waals surface area contributed by atoms with Crippen LogP contribution in [0, 0.1) is 0 Å². The molecular formula is C5H10N2O7P2S. The Balaban J connectivity index is 3.19. The van der Waals surface area contributed by atoms with Crippen LogP contribution in [0.25, 0.3) is 0 Å². The van der Waals surface area contributed by atoms with Gasteiger partial charge in [-0.25, -0.2) is 4.98 Å². The number of nitrogens with two attached hydrogens (primary N) is 1. The number of rotatable bonds is 4. The Kier molecular flexibility index (Phi) is 3.83. The van der Waals surface area contributed by atoms with Gasteiger partial charge in [-0.15, -0.1) is 11.3 Å². The van der Waals surface area contributed by atoms with E-state index in [9.17, 15) is 14.2 Å². The molecule has 0 unspecified atom stereocenters. The summed E-state index contributed by atoms with van der Waals surface area (Å²) < 4.78 is 22.0. The van der Waals surface area contributed by atoms with Gasteiger partial charge in [0.15, 0.2) is 5.13 Å². The summed E-state index contributed by atoms with van der Waals surface area (Å²) in [5.41, 5.74) is 5.25. The second kappa shape index (κ2) is 4.42. The summed E-state index contributed by atoms with van der Waals surface area (Å²) in [6, 6.07) is 0. The Morgan fingerprint density at radius 1 is 1.29 bits per heavy atom. The monoisotopic (exact) mass is 304 g/mol. The first-order chi connectivity index (χ1) is 7.47. The van der Waals surface area contributed by atoms with Crippen LogP contribution in [0.2, 0.25) is 0 Å². The lowest BCUT2D eigenvalue weighted by Gasteiger charge is -2.28. The van der Waals surface area contributed by atoms with Crippen LogP contribution in [0.3, 0.4) is 0 Å². The quantitative estimate of drug-likeness (QED) is 0.392. The minimum atomic E-state index is -5.43. The third-order valence-corrected chi connectivity index (χ3v) is 6.49. The average Bonchev–Trinajstić information content (AvgIpc) is 2.47. The fourth-order valence-corrected chi connectivity index (χ4v) is 4.10. The lowest BCUT2D eigenvalue weighted by molar-refractivity contribution is 0.131. The molecule has 0 atom stereocenters. The topological polar surface area (TPSA) is 174 Å². The minimum Gasteiger partial charge on any atom is -0.375 e. The first-order valence-electron chi connectivity index (χ1n) is 4.01. The maximum Gasteiger partial charge on any atom is 0.369 e. The minimum absolute atomic E-state index is 0.0525. The third kappa shape index (κ3) is 2.93. The van der Waals surface area contributed by atoms with Crippen molar-refractivity contribution in [3.63, 3.8) is 0 Å². The Bertz CT molecular complexity index is 482. The van der Waals surface area contributed by atoms with Crippen LogP contribution in [0.5, 0.6) is 0 Å². The Morgan fingerprint density at radius 3 is 2.06 bits per heavy atom. The van der Waals surface area contributed by atoms with Crippen LogP contribution in [0.15, 0.2) is 6.20 Å². The zero-order valence-electron chi connectivity index (χ0n) is 8.16. The Labute approximate surface area is 99.3 Å². The number of anilines is 1. The van der Waals surface area contributed by atoms with Crippen LogP contribution in [-0.2, 0) is 15.6 Å². The highest BCUT2D eigenvalue weighted by molar-refractivity contribution is 7.72. The van der Waals surface area contributed by atoms with E-state index in [4.69, 9.17) is 25.3 Å². The molecule has 0 bridgehead atoms. The molecule has 7 N–H and O–H groups in total. The van der Waals surface area contributed by atoms with Crippen molar-refractivity contribution in [3.8, 4) is 0 Å². The van der Waals surface area contributed by atoms with Gasteiger partial charge >= 0.3 is 15.2 Å². The highest BCUT2D eigenvalue weighted by Gasteiger charge is 2.59. The van der Waals surface area contributed by atoms with E-state index in [1.54, 1.807) is 0 Å². The molecule has 1 rings (SSSR count). The standard InChI is InChI=1S/C5H10N2O7P2S/c6-4-7-2-3(17-4)1-5(8,15(9,10)11)16(12,13)14/h2,8H,1H2,(H2,6,7)(H2,9,10,11)(H2,12,13,14). The Morgan fingerprint density at radius 2 is 1.76 bits per heavy atom. The molecule has 0 aliphatic rings. The maximum absolute atomic E-state index is 11.0. The number of aliphatic hydroxyl groups is 1. The van der Waals surface area contributed by atoms with E-state index in [0.717, 1.165) is 17.5 Å². The van der Waals surface area contributed by atoms with Gasteiger partial charge in [-0.2, -0.15) is 0 Å². The predicted octanol–water partition coefficient (Wildman–Crippen LogP) is -0.731. The van der Waals surface area contributed by atoms with Gasteiger partial charge in [0.05, 0.1) is 0 Å². The van der Waals surface area contributed by atoms with Crippen LogP contribution >= 0.6 is 26.5 Å². The van der Waals surface area contributed by atoms with Crippen molar-refractivity contribution < 1.29 is 33.8 Å². The normalized spacial score (nSPS) is 13.9. The summed E-state index contributed by atoms with van der Waals surface area (Å²) in [5, 5.41) is 6.15. The molecule has 17 heavy (non-hydrogen) atoms. The Hall–Kier alpha value is -0.310. The molecule has 1 aromatic rings. The van der Waals surface area contributed by atoms with Crippen molar-refractivity contribution in [1.29, 1.82) is 0 Å². The smallest absolute Gasteiger partial charge is 0.369 e. The van der Waals surface area contributed by atoms with Crippen molar-refractivity contribution in [1.82, 2.24) is 4.98 Å². The van der Waals surface area contributed by atoms with Gasteiger partial charge in [-0.1, -0.05) is 0 Å². The van der Waals surface area contributed by atoms with Crippen molar-refractivity contribution in [2.45, 2.75) is 11.5 Å². The molecule has 0 aliphatic carbocycles. The van der Waals surface area contributed by atoms with Gasteiger partial charge in [0.2, 0.25) is 0 Å². The maximum atomic E-state index is 11.0. The van der Waals surface area contributed by atoms with E-state index in [2.05, 4.69) is 4.98 Å². The molecule has 0 saturated carbocycles. The van der Waals surface area contributed by atoms with E-state index in [0.29, 0.717) is 0 Å². The van der Waals surface area contributed by atoms with Gasteiger partial charge in [-0.05, 0) is 0 Å². The van der Waals surface area contributed by atoms with Crippen molar-refractivity contribution >= 4 is 31.7 Å². The summed E-state index contributed by atoms with van der Waals surface area (Å²) in [6.07, 6.45) is 0.146. The summed E-state index contributed by atoms with van der Waals surface area (Å²) in [5.74, 6) is 0. The summed E-state index contributed by atoms with van der Waals surface area (Å²) in [7, 11) is -10.9. The number of hydrogen-bond acceptors (Lipinski definition) is 6. The second-order valence-electron chi connectivity index (χ2n) is 3.20. The zero-order valence-corrected chi connectivity index (χ0v) is 10.8. The van der Waals surface area contributed by atoms with Crippen molar-refractivity contribution in [2.75, 3.05) is 5.73 Å². The molecule has 0 fully saturated rings. The average molecular weight is 304 g/mol.